The first-order valence-electron chi connectivity index (χ1n) is 15.5. The number of fused-ring (bicyclic) bond motifs is 1. The summed E-state index contributed by atoms with van der Waals surface area (Å²) in [6.07, 6.45) is -7.59. The Morgan fingerprint density at radius 3 is 2.14 bits per heavy atom. The smallest absolute Gasteiger partial charge is 0.417 e. The van der Waals surface area contributed by atoms with Crippen LogP contribution in [0.15, 0.2) is 53.3 Å². The lowest BCUT2D eigenvalue weighted by molar-refractivity contribution is -0.153. The summed E-state index contributed by atoms with van der Waals surface area (Å²) in [5.41, 5.74) is -1.41. The van der Waals surface area contributed by atoms with Crippen molar-refractivity contribution >= 4 is 28.5 Å². The van der Waals surface area contributed by atoms with E-state index in [9.17, 15) is 32.7 Å². The molecule has 16 heteroatoms. The number of carboxylic acid groups (broad SMARTS) is 1. The average molecular weight is 697 g/mol. The summed E-state index contributed by atoms with van der Waals surface area (Å²) in [4.78, 5) is 41.3. The number of ether oxygens (including phenoxy) is 7. The van der Waals surface area contributed by atoms with Gasteiger partial charge in [0, 0.05) is 35.9 Å². The van der Waals surface area contributed by atoms with E-state index < -0.39 is 41.6 Å². The molecule has 13 nitrogen and oxygen atoms in total. The van der Waals surface area contributed by atoms with E-state index >= 15 is 0 Å². The number of methoxy groups -OCH3 is 1. The van der Waals surface area contributed by atoms with E-state index in [2.05, 4.69) is 4.98 Å². The zero-order chi connectivity index (χ0) is 35.2. The summed E-state index contributed by atoms with van der Waals surface area (Å²) >= 11 is 0. The van der Waals surface area contributed by atoms with Crippen LogP contribution < -0.4 is 10.5 Å². The Morgan fingerprint density at radius 2 is 1.53 bits per heavy atom. The lowest BCUT2D eigenvalue weighted by Gasteiger charge is -2.17. The van der Waals surface area contributed by atoms with Gasteiger partial charge in [-0.3, -0.25) is 9.69 Å². The van der Waals surface area contributed by atoms with Gasteiger partial charge in [0.1, 0.15) is 6.10 Å². The number of aromatic amines is 1. The van der Waals surface area contributed by atoms with Crippen LogP contribution in [0.25, 0.3) is 22.0 Å². The number of benzene rings is 2. The number of hydrogen-bond acceptors (Lipinski definition) is 10. The van der Waals surface area contributed by atoms with E-state index in [4.69, 9.17) is 33.2 Å². The van der Waals surface area contributed by atoms with Gasteiger partial charge in [0.15, 0.2) is 6.10 Å². The molecule has 1 fully saturated rings. The van der Waals surface area contributed by atoms with Crippen molar-refractivity contribution in [2.24, 2.45) is 0 Å². The molecule has 1 saturated heterocycles. The zero-order valence-electron chi connectivity index (χ0n) is 26.9. The molecule has 0 saturated carbocycles. The normalized spacial score (nSPS) is 15.6. The molecule has 4 rings (SSSR count). The van der Waals surface area contributed by atoms with Crippen molar-refractivity contribution in [3.05, 3.63) is 64.4 Å². The van der Waals surface area contributed by atoms with Gasteiger partial charge in [0.25, 0.3) is 5.56 Å². The third-order valence-corrected chi connectivity index (χ3v) is 7.38. The van der Waals surface area contributed by atoms with E-state index in [1.807, 2.05) is 0 Å². The summed E-state index contributed by atoms with van der Waals surface area (Å²) < 4.78 is 77.9. The van der Waals surface area contributed by atoms with Crippen molar-refractivity contribution in [2.45, 2.75) is 24.8 Å². The largest absolute Gasteiger partial charge is 0.479 e. The molecular formula is C33H39F3N2O11. The predicted molar refractivity (Wildman–Crippen MR) is 170 cm³/mol. The first-order chi connectivity index (χ1) is 23.6. The Hall–Kier alpha value is -4.06. The molecule has 49 heavy (non-hydrogen) atoms. The number of carbonyl (C=O) groups is 2. The van der Waals surface area contributed by atoms with Crippen LogP contribution in [0.4, 0.5) is 23.7 Å². The van der Waals surface area contributed by atoms with Gasteiger partial charge in [-0.25, -0.2) is 9.59 Å². The summed E-state index contributed by atoms with van der Waals surface area (Å²) in [5.74, 6) is -1.23. The molecule has 1 aromatic heterocycles. The highest BCUT2D eigenvalue weighted by molar-refractivity contribution is 5.95. The Kier molecular flexibility index (Phi) is 14.4. The van der Waals surface area contributed by atoms with Crippen molar-refractivity contribution in [1.29, 1.82) is 0 Å². The molecule has 2 unspecified atom stereocenters. The minimum Gasteiger partial charge on any atom is -0.479 e. The molecule has 1 aliphatic heterocycles. The second-order valence-electron chi connectivity index (χ2n) is 10.8. The number of aliphatic carboxylic acids is 1. The highest BCUT2D eigenvalue weighted by atomic mass is 19.4. The van der Waals surface area contributed by atoms with Gasteiger partial charge < -0.3 is 43.2 Å². The van der Waals surface area contributed by atoms with Crippen LogP contribution in [0.3, 0.4) is 0 Å². The number of H-pyrrole nitrogens is 1. The number of alkyl halides is 3. The Morgan fingerprint density at radius 1 is 0.918 bits per heavy atom. The SMILES string of the molecule is COCCOCCOCCOCCOCCOC(CC1CN(c2ccc3cc(-c4ccccc4C(F)(F)F)[nH]c(=O)c3c2)C(=O)O1)C(=O)O. The van der Waals surface area contributed by atoms with Crippen molar-refractivity contribution < 1.29 is 61.0 Å². The molecule has 2 aromatic carbocycles. The number of cyclic esters (lactones) is 1. The third kappa shape index (κ3) is 11.2. The number of anilines is 1. The third-order valence-electron chi connectivity index (χ3n) is 7.38. The van der Waals surface area contributed by atoms with Gasteiger partial charge in [-0.1, -0.05) is 24.3 Å². The predicted octanol–water partition coefficient (Wildman–Crippen LogP) is 4.11. The quantitative estimate of drug-likeness (QED) is 0.155. The number of aromatic nitrogens is 1. The van der Waals surface area contributed by atoms with Crippen LogP contribution in [0.5, 0.6) is 0 Å². The summed E-state index contributed by atoms with van der Waals surface area (Å²) in [6.45, 7) is 3.43. The van der Waals surface area contributed by atoms with Crippen molar-refractivity contribution in [2.75, 3.05) is 84.6 Å². The average Bonchev–Trinajstić information content (AvgIpc) is 3.44. The molecule has 268 valence electrons. The van der Waals surface area contributed by atoms with Gasteiger partial charge in [-0.2, -0.15) is 13.2 Å². The van der Waals surface area contributed by atoms with Gasteiger partial charge in [-0.15, -0.1) is 0 Å². The second-order valence-corrected chi connectivity index (χ2v) is 10.8. The summed E-state index contributed by atoms with van der Waals surface area (Å²) in [5, 5.41) is 10.2. The highest BCUT2D eigenvalue weighted by Gasteiger charge is 2.36. The second kappa shape index (κ2) is 18.6. The number of halogens is 3. The molecule has 2 heterocycles. The van der Waals surface area contributed by atoms with Gasteiger partial charge in [-0.05, 0) is 29.7 Å². The maximum absolute atomic E-state index is 13.6. The van der Waals surface area contributed by atoms with E-state index in [1.165, 1.54) is 47.4 Å². The summed E-state index contributed by atoms with van der Waals surface area (Å²) in [7, 11) is 1.60. The fraction of sp³-hybridized carbons (Fsp3) is 0.485. The van der Waals surface area contributed by atoms with Gasteiger partial charge in [0.2, 0.25) is 0 Å². The molecule has 0 spiro atoms. The van der Waals surface area contributed by atoms with Crippen LogP contribution in [0.2, 0.25) is 0 Å². The summed E-state index contributed by atoms with van der Waals surface area (Å²) in [6, 6.07) is 10.8. The fourth-order valence-electron chi connectivity index (χ4n) is 5.01. The van der Waals surface area contributed by atoms with Gasteiger partial charge in [0.05, 0.1) is 78.2 Å². The highest BCUT2D eigenvalue weighted by Crippen LogP contribution is 2.37. The van der Waals surface area contributed by atoms with Crippen molar-refractivity contribution in [3.63, 3.8) is 0 Å². The van der Waals surface area contributed by atoms with Gasteiger partial charge >= 0.3 is 18.2 Å². The van der Waals surface area contributed by atoms with Crippen LogP contribution in [0.1, 0.15) is 12.0 Å². The molecule has 2 atom stereocenters. The standard InChI is InChI=1S/C33H39F3N2O11/c1-43-8-9-44-10-11-45-12-13-46-14-15-47-16-17-48-29(31(40)41)20-24-21-38(32(42)49-24)23-7-6-22-18-28(37-30(39)26(22)19-23)25-4-2-3-5-27(25)33(34,35)36/h2-7,18-19,24,29H,8-17,20-21H2,1H3,(H,37,39)(H,40,41). The number of pyridine rings is 1. The van der Waals surface area contributed by atoms with E-state index in [1.54, 1.807) is 7.11 Å². The van der Waals surface area contributed by atoms with Crippen LogP contribution >= 0.6 is 0 Å². The van der Waals surface area contributed by atoms with Crippen LogP contribution in [-0.4, -0.2) is 114 Å². The Bertz CT molecular complexity index is 1580. The number of nitrogens with zero attached hydrogens (tertiary/aromatic N) is 1. The number of carbonyl (C=O) groups excluding carboxylic acids is 1. The molecule has 1 amide bonds. The van der Waals surface area contributed by atoms with E-state index in [0.29, 0.717) is 57.3 Å². The van der Waals surface area contributed by atoms with E-state index in [-0.39, 0.29) is 49.4 Å². The minimum absolute atomic E-state index is 0.00487. The zero-order valence-corrected chi connectivity index (χ0v) is 26.9. The minimum atomic E-state index is -4.62. The monoisotopic (exact) mass is 696 g/mol. The molecular weight excluding hydrogens is 657 g/mol. The van der Waals surface area contributed by atoms with E-state index in [0.717, 1.165) is 6.07 Å². The Balaban J connectivity index is 1.22. The number of hydrogen-bond donors (Lipinski definition) is 2. The number of carboxylic acids is 1. The topological polar surface area (TPSA) is 155 Å². The van der Waals surface area contributed by atoms with Crippen molar-refractivity contribution in [1.82, 2.24) is 4.98 Å². The first kappa shape index (κ1) is 37.8. The van der Waals surface area contributed by atoms with Crippen molar-refractivity contribution in [3.8, 4) is 11.3 Å². The number of rotatable bonds is 21. The molecule has 2 N–H and O–H groups in total. The molecule has 0 bridgehead atoms. The lowest BCUT2D eigenvalue weighted by atomic mass is 10.0. The lowest BCUT2D eigenvalue weighted by Crippen LogP contribution is -2.32. The van der Waals surface area contributed by atoms with Crippen LogP contribution in [0, 0.1) is 0 Å². The number of amides is 1. The Labute approximate surface area is 279 Å². The van der Waals surface area contributed by atoms with Crippen LogP contribution in [-0.2, 0) is 44.1 Å². The molecule has 0 radical (unpaired) electrons. The molecule has 0 aliphatic carbocycles. The first-order valence-corrected chi connectivity index (χ1v) is 15.5. The molecule has 3 aromatic rings. The number of nitrogens with one attached hydrogen (secondary N) is 1. The maximum atomic E-state index is 13.6. The molecule has 1 aliphatic rings. The fourth-order valence-corrected chi connectivity index (χ4v) is 5.01. The maximum Gasteiger partial charge on any atom is 0.417 e.